The number of esters is 2. The lowest BCUT2D eigenvalue weighted by molar-refractivity contribution is -0.870. The zero-order valence-electron chi connectivity index (χ0n) is 62.8. The summed E-state index contributed by atoms with van der Waals surface area (Å²) < 4.78 is 23.0. The SMILES string of the molecule is CC/C=C\C/C=C\C/C=C\C/C=C\C/C=C\C/C=C\CCCCCCCCCCCCCCC(=O)OC(COC(=O)CCCCCCCCCCCCCCCCCCCCCCCCCC/C=C\C/C=C\C/C=C\CCCCCCC)COC(OCC[N+](C)(C)C)C(=O)O. The van der Waals surface area contributed by atoms with E-state index in [-0.39, 0.29) is 32.2 Å². The van der Waals surface area contributed by atoms with Crippen LogP contribution >= 0.6 is 0 Å². The Morgan fingerprint density at radius 1 is 0.326 bits per heavy atom. The molecule has 0 aromatic rings. The summed E-state index contributed by atoms with van der Waals surface area (Å²) in [6.07, 6.45) is 104. The number of aliphatic carboxylic acids is 1. The van der Waals surface area contributed by atoms with Gasteiger partial charge in [0.25, 0.3) is 6.29 Å². The van der Waals surface area contributed by atoms with Crippen LogP contribution in [-0.2, 0) is 33.3 Å². The predicted molar refractivity (Wildman–Crippen MR) is 410 cm³/mol. The fourth-order valence-electron chi connectivity index (χ4n) is 11.4. The van der Waals surface area contributed by atoms with Gasteiger partial charge >= 0.3 is 17.9 Å². The van der Waals surface area contributed by atoms with Crippen LogP contribution in [0.3, 0.4) is 0 Å². The number of quaternary nitrogens is 1. The standard InChI is InChI=1S/C86H151NO8/c1-6-8-10-12-14-16-18-20-22-24-26-28-30-32-34-36-38-39-40-41-42-43-44-45-47-48-50-52-54-56-58-60-62-64-66-68-70-72-74-76-83(88)93-80-82(81-94-86(85(90)91)92-79-78-87(3,4)5)95-84(89)77-75-73-71-69-67-65-63-61-59-57-55-53-51-49-46-37-35-33-31-29-27-25-23-21-19-17-15-13-11-9-7-2/h9,11,15,17-18,20-21,23-24,26-27,29-30,32-33,35,46,49,82,86H,6-8,10,12-14,16,19,22,25,28,31,34,36-45,47-48,50-81H2,1-5H3/p+1/b11-9-,17-15-,20-18-,23-21-,26-24-,29-27-,32-30-,35-33-,49-46-. The molecule has 0 aromatic carbocycles. The molecule has 0 saturated carbocycles. The molecule has 548 valence electrons. The first-order valence-corrected chi connectivity index (χ1v) is 40.1. The number of nitrogens with zero attached hydrogens (tertiary/aromatic N) is 1. The second kappa shape index (κ2) is 75.7. The maximum atomic E-state index is 13.0. The summed E-state index contributed by atoms with van der Waals surface area (Å²) >= 11 is 0. The van der Waals surface area contributed by atoms with Crippen LogP contribution in [-0.4, -0.2) is 87.4 Å². The fraction of sp³-hybridized carbons (Fsp3) is 0.756. The van der Waals surface area contributed by atoms with Crippen LogP contribution in [0.2, 0.25) is 0 Å². The first-order chi connectivity index (χ1) is 46.6. The third kappa shape index (κ3) is 77.2. The van der Waals surface area contributed by atoms with Crippen molar-refractivity contribution in [3.8, 4) is 0 Å². The smallest absolute Gasteiger partial charge is 0.361 e. The molecular weight excluding hydrogens is 1170 g/mol. The van der Waals surface area contributed by atoms with Crippen molar-refractivity contribution in [1.82, 2.24) is 0 Å². The maximum Gasteiger partial charge on any atom is 0.361 e. The van der Waals surface area contributed by atoms with Gasteiger partial charge in [-0.3, -0.25) is 9.59 Å². The van der Waals surface area contributed by atoms with Gasteiger partial charge in [-0.1, -0.05) is 354 Å². The second-order valence-electron chi connectivity index (χ2n) is 28.0. The highest BCUT2D eigenvalue weighted by Gasteiger charge is 2.25. The van der Waals surface area contributed by atoms with E-state index in [4.69, 9.17) is 18.9 Å². The van der Waals surface area contributed by atoms with Crippen LogP contribution in [0.15, 0.2) is 109 Å². The van der Waals surface area contributed by atoms with Gasteiger partial charge in [-0.2, -0.15) is 0 Å². The Bertz CT molecular complexity index is 1930. The van der Waals surface area contributed by atoms with Crippen molar-refractivity contribution in [3.63, 3.8) is 0 Å². The number of hydrogen-bond donors (Lipinski definition) is 1. The molecule has 0 spiro atoms. The highest BCUT2D eigenvalue weighted by atomic mass is 16.7. The highest BCUT2D eigenvalue weighted by Crippen LogP contribution is 2.19. The Hall–Kier alpha value is -4.05. The molecule has 0 aliphatic rings. The average molecular weight is 1330 g/mol. The Balaban J connectivity index is 4.01. The summed E-state index contributed by atoms with van der Waals surface area (Å²) in [4.78, 5) is 37.7. The van der Waals surface area contributed by atoms with Gasteiger partial charge in [0.2, 0.25) is 0 Å². The van der Waals surface area contributed by atoms with E-state index in [0.717, 1.165) is 89.9 Å². The summed E-state index contributed by atoms with van der Waals surface area (Å²) in [6.45, 7) is 4.79. The predicted octanol–water partition coefficient (Wildman–Crippen LogP) is 25.7. The normalized spacial score (nSPS) is 13.2. The zero-order valence-corrected chi connectivity index (χ0v) is 62.8. The van der Waals surface area contributed by atoms with Gasteiger partial charge in [-0.25, -0.2) is 4.79 Å². The van der Waals surface area contributed by atoms with Crippen LogP contribution in [0.5, 0.6) is 0 Å². The van der Waals surface area contributed by atoms with Crippen molar-refractivity contribution in [3.05, 3.63) is 109 Å². The monoisotopic (exact) mass is 1330 g/mol. The van der Waals surface area contributed by atoms with Crippen molar-refractivity contribution in [2.75, 3.05) is 47.5 Å². The molecule has 0 fully saturated rings. The van der Waals surface area contributed by atoms with Gasteiger partial charge in [-0.05, 0) is 103 Å². The van der Waals surface area contributed by atoms with E-state index in [1.165, 1.54) is 238 Å². The number of carboxylic acid groups (broad SMARTS) is 1. The Morgan fingerprint density at radius 3 is 0.895 bits per heavy atom. The lowest BCUT2D eigenvalue weighted by atomic mass is 10.0. The Morgan fingerprint density at radius 2 is 0.600 bits per heavy atom. The zero-order chi connectivity index (χ0) is 69.0. The minimum Gasteiger partial charge on any atom is -0.477 e. The topological polar surface area (TPSA) is 108 Å². The molecule has 0 aromatic heterocycles. The molecule has 2 atom stereocenters. The number of carbonyl (C=O) groups is 3. The van der Waals surface area contributed by atoms with E-state index in [1.807, 2.05) is 21.1 Å². The third-order valence-corrected chi connectivity index (χ3v) is 17.5. The second-order valence-corrected chi connectivity index (χ2v) is 28.0. The molecule has 2 unspecified atom stereocenters. The van der Waals surface area contributed by atoms with Crippen LogP contribution in [0.4, 0.5) is 0 Å². The van der Waals surface area contributed by atoms with Gasteiger partial charge in [0.05, 0.1) is 34.4 Å². The summed E-state index contributed by atoms with van der Waals surface area (Å²) in [5, 5.41) is 9.77. The Labute approximate surface area is 587 Å². The maximum absolute atomic E-state index is 13.0. The minimum absolute atomic E-state index is 0.183. The van der Waals surface area contributed by atoms with Gasteiger partial charge in [0, 0.05) is 12.8 Å². The average Bonchev–Trinajstić information content (AvgIpc) is 3.24. The molecule has 9 heteroatoms. The van der Waals surface area contributed by atoms with Crippen LogP contribution < -0.4 is 0 Å². The van der Waals surface area contributed by atoms with Crippen LogP contribution in [0.25, 0.3) is 0 Å². The minimum atomic E-state index is -1.52. The number of unbranched alkanes of at least 4 members (excludes halogenated alkanes) is 41. The number of allylic oxidation sites excluding steroid dienone is 18. The number of ether oxygens (including phenoxy) is 4. The number of hydrogen-bond acceptors (Lipinski definition) is 7. The molecule has 0 bridgehead atoms. The summed E-state index contributed by atoms with van der Waals surface area (Å²) in [5.41, 5.74) is 0. The molecule has 0 saturated heterocycles. The molecule has 9 nitrogen and oxygen atoms in total. The van der Waals surface area contributed by atoms with E-state index in [0.29, 0.717) is 23.9 Å². The van der Waals surface area contributed by atoms with Crippen molar-refractivity contribution in [2.24, 2.45) is 0 Å². The molecule has 1 N–H and O–H groups in total. The number of likely N-dealkylation sites (N-methyl/N-ethyl adjacent to an activating group) is 1. The van der Waals surface area contributed by atoms with Crippen LogP contribution in [0, 0.1) is 0 Å². The van der Waals surface area contributed by atoms with Crippen LogP contribution in [0.1, 0.15) is 361 Å². The summed E-state index contributed by atoms with van der Waals surface area (Å²) in [5.74, 6) is -1.99. The van der Waals surface area contributed by atoms with Crippen molar-refractivity contribution >= 4 is 17.9 Å². The summed E-state index contributed by atoms with van der Waals surface area (Å²) in [6, 6.07) is 0. The molecule has 95 heavy (non-hydrogen) atoms. The first-order valence-electron chi connectivity index (χ1n) is 40.1. The molecule has 0 aliphatic heterocycles. The molecule has 0 heterocycles. The lowest BCUT2D eigenvalue weighted by Gasteiger charge is -2.25. The largest absolute Gasteiger partial charge is 0.477 e. The van der Waals surface area contributed by atoms with E-state index in [2.05, 4.69) is 123 Å². The van der Waals surface area contributed by atoms with E-state index >= 15 is 0 Å². The van der Waals surface area contributed by atoms with Crippen molar-refractivity contribution in [2.45, 2.75) is 373 Å². The quantitative estimate of drug-likeness (QED) is 0.0211. The molecule has 0 amide bonds. The number of carboxylic acids is 1. The van der Waals surface area contributed by atoms with Crippen molar-refractivity contribution in [1.29, 1.82) is 0 Å². The van der Waals surface area contributed by atoms with Gasteiger partial charge < -0.3 is 28.5 Å². The van der Waals surface area contributed by atoms with Gasteiger partial charge in [0.15, 0.2) is 6.10 Å². The van der Waals surface area contributed by atoms with E-state index < -0.39 is 24.3 Å². The highest BCUT2D eigenvalue weighted by molar-refractivity contribution is 5.71. The van der Waals surface area contributed by atoms with Gasteiger partial charge in [-0.15, -0.1) is 0 Å². The van der Waals surface area contributed by atoms with Crippen molar-refractivity contribution < 1.29 is 42.9 Å². The molecular formula is C86H152NO8+. The number of rotatable bonds is 74. The first kappa shape index (κ1) is 91.0. The van der Waals surface area contributed by atoms with Gasteiger partial charge in [0.1, 0.15) is 13.2 Å². The van der Waals surface area contributed by atoms with E-state index in [1.54, 1.807) is 0 Å². The summed E-state index contributed by atoms with van der Waals surface area (Å²) in [7, 11) is 5.99. The number of carbonyl (C=O) groups excluding carboxylic acids is 2. The molecule has 0 rings (SSSR count). The Kier molecular flexibility index (Phi) is 72.5. The fourth-order valence-corrected chi connectivity index (χ4v) is 11.4. The third-order valence-electron chi connectivity index (χ3n) is 17.5. The lowest BCUT2D eigenvalue weighted by Crippen LogP contribution is -2.40. The van der Waals surface area contributed by atoms with E-state index in [9.17, 15) is 19.5 Å². The molecule has 0 radical (unpaired) electrons. The molecule has 0 aliphatic carbocycles.